The van der Waals surface area contributed by atoms with Crippen molar-refractivity contribution in [3.8, 4) is 0 Å². The lowest BCUT2D eigenvalue weighted by atomic mass is 10.1. The molecule has 6 nitrogen and oxygen atoms in total. The van der Waals surface area contributed by atoms with Gasteiger partial charge in [0.2, 0.25) is 0 Å². The van der Waals surface area contributed by atoms with Gasteiger partial charge in [0.25, 0.3) is 11.8 Å². The Morgan fingerprint density at radius 3 is 2.44 bits per heavy atom. The Balaban J connectivity index is 2.54. The molecule has 1 heterocycles. The minimum atomic E-state index is -1.35. The first-order valence-corrected chi connectivity index (χ1v) is 4.97. The van der Waals surface area contributed by atoms with Gasteiger partial charge in [-0.3, -0.25) is 9.59 Å². The first-order chi connectivity index (χ1) is 8.50. The van der Waals surface area contributed by atoms with Crippen LogP contribution in [0.1, 0.15) is 10.4 Å². The van der Waals surface area contributed by atoms with Crippen molar-refractivity contribution in [1.29, 1.82) is 0 Å². The summed E-state index contributed by atoms with van der Waals surface area (Å²) in [6, 6.07) is 2.79. The number of carboxylic acid groups (broad SMARTS) is 1. The maximum Gasteiger partial charge on any atom is 0.337 e. The van der Waals surface area contributed by atoms with Gasteiger partial charge in [-0.15, -0.1) is 0 Å². The summed E-state index contributed by atoms with van der Waals surface area (Å²) in [6.45, 7) is -0.692. The zero-order chi connectivity index (χ0) is 13.3. The largest absolute Gasteiger partial charge is 0.478 e. The lowest BCUT2D eigenvalue weighted by Crippen LogP contribution is -2.47. The highest BCUT2D eigenvalue weighted by Gasteiger charge is 2.31. The maximum atomic E-state index is 13.1. The smallest absolute Gasteiger partial charge is 0.337 e. The minimum Gasteiger partial charge on any atom is -0.478 e. The number of carbonyl (C=O) groups is 3. The van der Waals surface area contributed by atoms with Crippen molar-refractivity contribution >= 4 is 23.5 Å². The Morgan fingerprint density at radius 2 is 1.89 bits per heavy atom. The molecule has 18 heavy (non-hydrogen) atoms. The number of imide groups is 1. The van der Waals surface area contributed by atoms with Gasteiger partial charge in [-0.2, -0.15) is 0 Å². The van der Waals surface area contributed by atoms with Crippen LogP contribution in [0, 0.1) is 5.82 Å². The number of amides is 2. The van der Waals surface area contributed by atoms with Gasteiger partial charge < -0.3 is 9.84 Å². The molecule has 0 spiro atoms. The molecule has 0 radical (unpaired) electrons. The summed E-state index contributed by atoms with van der Waals surface area (Å²) in [5.41, 5.74) is -0.596. The Kier molecular flexibility index (Phi) is 3.07. The van der Waals surface area contributed by atoms with Crippen LogP contribution in [0.25, 0.3) is 0 Å². The van der Waals surface area contributed by atoms with Crippen LogP contribution in [0.5, 0.6) is 0 Å². The number of rotatable bonds is 2. The van der Waals surface area contributed by atoms with Crippen LogP contribution in [0.4, 0.5) is 10.1 Å². The summed E-state index contributed by atoms with van der Waals surface area (Å²) in [7, 11) is 0. The number of benzene rings is 1. The van der Waals surface area contributed by atoms with Crippen molar-refractivity contribution in [3.63, 3.8) is 0 Å². The second-order valence-corrected chi connectivity index (χ2v) is 3.58. The molecule has 0 aromatic heterocycles. The molecule has 0 atom stereocenters. The van der Waals surface area contributed by atoms with Crippen molar-refractivity contribution in [3.05, 3.63) is 29.6 Å². The third-order valence-electron chi connectivity index (χ3n) is 2.38. The van der Waals surface area contributed by atoms with Crippen LogP contribution in [0.2, 0.25) is 0 Å². The number of nitrogens with zero attached hydrogens (tertiary/aromatic N) is 1. The summed E-state index contributed by atoms with van der Waals surface area (Å²) in [4.78, 5) is 34.7. The fourth-order valence-corrected chi connectivity index (χ4v) is 1.63. The van der Waals surface area contributed by atoms with E-state index in [4.69, 9.17) is 9.84 Å². The molecule has 2 rings (SSSR count). The lowest BCUT2D eigenvalue weighted by molar-refractivity contribution is -0.138. The number of carbonyl (C=O) groups excluding carboxylic acids is 2. The predicted molar refractivity (Wildman–Crippen MR) is 56.7 cm³/mol. The first kappa shape index (κ1) is 12.2. The van der Waals surface area contributed by atoms with E-state index in [9.17, 15) is 18.8 Å². The molecule has 1 N–H and O–H groups in total. The standard InChI is InChI=1S/C11H8FNO5/c12-6-1-2-7(11(16)17)8(3-6)13-9(14)4-18-5-10(13)15/h1-3H,4-5H2,(H,16,17). The first-order valence-electron chi connectivity index (χ1n) is 4.97. The van der Waals surface area contributed by atoms with Crippen LogP contribution < -0.4 is 4.90 Å². The Hall–Kier alpha value is -2.28. The molecule has 0 bridgehead atoms. The Labute approximate surface area is 101 Å². The lowest BCUT2D eigenvalue weighted by Gasteiger charge is -2.26. The Bertz CT molecular complexity index is 526. The topological polar surface area (TPSA) is 83.9 Å². The van der Waals surface area contributed by atoms with Gasteiger partial charge in [-0.05, 0) is 18.2 Å². The molecule has 2 amide bonds. The molecule has 1 aromatic carbocycles. The van der Waals surface area contributed by atoms with Gasteiger partial charge in [0.15, 0.2) is 0 Å². The van der Waals surface area contributed by atoms with Gasteiger partial charge in [0.1, 0.15) is 19.0 Å². The van der Waals surface area contributed by atoms with E-state index in [0.29, 0.717) is 4.90 Å². The number of carboxylic acids is 1. The SMILES string of the molecule is O=C(O)c1ccc(F)cc1N1C(=O)COCC1=O. The van der Waals surface area contributed by atoms with Gasteiger partial charge in [-0.25, -0.2) is 14.1 Å². The average molecular weight is 253 g/mol. The van der Waals surface area contributed by atoms with Crippen LogP contribution in [0.15, 0.2) is 18.2 Å². The van der Waals surface area contributed by atoms with E-state index < -0.39 is 23.6 Å². The van der Waals surface area contributed by atoms with Gasteiger partial charge in [-0.1, -0.05) is 0 Å². The van der Waals surface area contributed by atoms with E-state index in [1.165, 1.54) is 0 Å². The van der Waals surface area contributed by atoms with Gasteiger partial charge >= 0.3 is 5.97 Å². The van der Waals surface area contributed by atoms with Gasteiger partial charge in [0.05, 0.1) is 11.3 Å². The highest BCUT2D eigenvalue weighted by molar-refractivity contribution is 6.19. The number of aromatic carboxylic acids is 1. The molecule has 1 aromatic rings. The third-order valence-corrected chi connectivity index (χ3v) is 2.38. The number of hydrogen-bond donors (Lipinski definition) is 1. The van der Waals surface area contributed by atoms with E-state index >= 15 is 0 Å². The maximum absolute atomic E-state index is 13.1. The summed E-state index contributed by atoms with van der Waals surface area (Å²) in [5, 5.41) is 8.96. The van der Waals surface area contributed by atoms with Crippen molar-refractivity contribution in [2.45, 2.75) is 0 Å². The molecule has 0 aliphatic carbocycles. The summed E-state index contributed by atoms with van der Waals surface area (Å²) < 4.78 is 17.8. The normalized spacial score (nSPS) is 15.9. The molecule has 1 saturated heterocycles. The molecule has 0 saturated carbocycles. The van der Waals surface area contributed by atoms with Crippen LogP contribution in [-0.4, -0.2) is 36.1 Å². The Morgan fingerprint density at radius 1 is 1.28 bits per heavy atom. The van der Waals surface area contributed by atoms with Crippen molar-refractivity contribution in [2.24, 2.45) is 0 Å². The fourth-order valence-electron chi connectivity index (χ4n) is 1.63. The van der Waals surface area contributed by atoms with Gasteiger partial charge in [0, 0.05) is 0 Å². The van der Waals surface area contributed by atoms with Crippen LogP contribution in [0.3, 0.4) is 0 Å². The number of hydrogen-bond acceptors (Lipinski definition) is 4. The van der Waals surface area contributed by atoms with Crippen molar-refractivity contribution < 1.29 is 28.6 Å². The molecule has 1 aliphatic rings. The molecule has 94 valence electrons. The van der Waals surface area contributed by atoms with Crippen LogP contribution >= 0.6 is 0 Å². The highest BCUT2D eigenvalue weighted by Crippen LogP contribution is 2.24. The molecular weight excluding hydrogens is 245 g/mol. The summed E-state index contributed by atoms with van der Waals surface area (Å²) in [5.74, 6) is -3.53. The number of morpholine rings is 1. The number of halogens is 1. The molecular formula is C11H8FNO5. The van der Waals surface area contributed by atoms with Crippen molar-refractivity contribution in [1.82, 2.24) is 0 Å². The van der Waals surface area contributed by atoms with E-state index in [1.807, 2.05) is 0 Å². The second-order valence-electron chi connectivity index (χ2n) is 3.58. The van der Waals surface area contributed by atoms with E-state index in [2.05, 4.69) is 0 Å². The molecule has 0 unspecified atom stereocenters. The number of anilines is 1. The quantitative estimate of drug-likeness (QED) is 0.772. The second kappa shape index (κ2) is 4.53. The monoisotopic (exact) mass is 253 g/mol. The van der Waals surface area contributed by atoms with E-state index in [-0.39, 0.29) is 24.5 Å². The van der Waals surface area contributed by atoms with Crippen molar-refractivity contribution in [2.75, 3.05) is 18.1 Å². The summed E-state index contributed by atoms with van der Waals surface area (Å²) in [6.07, 6.45) is 0. The minimum absolute atomic E-state index is 0.277. The molecule has 1 aliphatic heterocycles. The third kappa shape index (κ3) is 2.07. The zero-order valence-corrected chi connectivity index (χ0v) is 9.05. The highest BCUT2D eigenvalue weighted by atomic mass is 19.1. The van der Waals surface area contributed by atoms with E-state index in [1.54, 1.807) is 0 Å². The fraction of sp³-hybridized carbons (Fsp3) is 0.182. The van der Waals surface area contributed by atoms with Crippen LogP contribution in [-0.2, 0) is 14.3 Å². The zero-order valence-electron chi connectivity index (χ0n) is 9.05. The number of ether oxygens (including phenoxy) is 1. The predicted octanol–water partition coefficient (Wildman–Crippen LogP) is 0.414. The summed E-state index contributed by atoms with van der Waals surface area (Å²) >= 11 is 0. The average Bonchev–Trinajstić information content (AvgIpc) is 2.28. The molecule has 7 heteroatoms. The van der Waals surface area contributed by atoms with E-state index in [0.717, 1.165) is 18.2 Å². The molecule has 1 fully saturated rings.